The van der Waals surface area contributed by atoms with Gasteiger partial charge in [-0.05, 0) is 22.0 Å². The number of nitrogens with zero attached hydrogens (tertiary/aromatic N) is 2. The summed E-state index contributed by atoms with van der Waals surface area (Å²) in [6.45, 7) is 2.73. The van der Waals surface area contributed by atoms with E-state index >= 15 is 0 Å². The molecule has 0 saturated carbocycles. The van der Waals surface area contributed by atoms with Crippen LogP contribution >= 0.6 is 15.9 Å². The zero-order valence-corrected chi connectivity index (χ0v) is 14.6. The fourth-order valence-electron chi connectivity index (χ4n) is 2.77. The molecule has 0 aromatic heterocycles. The van der Waals surface area contributed by atoms with Crippen molar-refractivity contribution in [1.29, 1.82) is 5.26 Å². The number of hydrogen-bond acceptors (Lipinski definition) is 6. The van der Waals surface area contributed by atoms with E-state index in [1.54, 1.807) is 20.3 Å². The molecule has 0 aliphatic carbocycles. The van der Waals surface area contributed by atoms with Gasteiger partial charge in [0.2, 0.25) is 0 Å². The van der Waals surface area contributed by atoms with Crippen LogP contribution in [-0.4, -0.2) is 51.7 Å². The molecular weight excluding hydrogens is 364 g/mol. The number of nitriles is 1. The molecule has 1 atom stereocenters. The Morgan fingerprint density at radius 3 is 2.65 bits per heavy atom. The third-order valence-corrected chi connectivity index (χ3v) is 4.67. The van der Waals surface area contributed by atoms with Crippen LogP contribution in [0.5, 0.6) is 17.2 Å². The molecule has 0 spiro atoms. The van der Waals surface area contributed by atoms with Crippen molar-refractivity contribution in [2.45, 2.75) is 6.23 Å². The van der Waals surface area contributed by atoms with Crippen molar-refractivity contribution in [3.05, 3.63) is 21.7 Å². The largest absolute Gasteiger partial charge is 0.495 e. The fourth-order valence-corrected chi connectivity index (χ4v) is 3.42. The summed E-state index contributed by atoms with van der Waals surface area (Å²) in [6, 6.07) is 4.05. The maximum Gasteiger partial charge on any atom is 0.189 e. The Balaban J connectivity index is 2.05. The molecular formula is C16H17BrN2O4. The molecule has 122 valence electrons. The van der Waals surface area contributed by atoms with Gasteiger partial charge in [0.05, 0.1) is 38.6 Å². The van der Waals surface area contributed by atoms with Gasteiger partial charge in [0.15, 0.2) is 6.23 Å². The number of benzene rings is 1. The summed E-state index contributed by atoms with van der Waals surface area (Å²) in [5.41, 5.74) is 1.29. The summed E-state index contributed by atoms with van der Waals surface area (Å²) in [6.07, 6.45) is 1.41. The van der Waals surface area contributed by atoms with Gasteiger partial charge in [-0.1, -0.05) is 0 Å². The lowest BCUT2D eigenvalue weighted by Gasteiger charge is -2.36. The molecule has 23 heavy (non-hydrogen) atoms. The van der Waals surface area contributed by atoms with E-state index in [1.165, 1.54) is 0 Å². The minimum atomic E-state index is -0.410. The first-order valence-corrected chi connectivity index (χ1v) is 8.03. The first kappa shape index (κ1) is 16.1. The van der Waals surface area contributed by atoms with Crippen molar-refractivity contribution in [2.24, 2.45) is 0 Å². The van der Waals surface area contributed by atoms with Crippen LogP contribution in [-0.2, 0) is 4.74 Å². The molecule has 3 rings (SSSR count). The van der Waals surface area contributed by atoms with Crippen molar-refractivity contribution in [2.75, 3.05) is 40.5 Å². The summed E-state index contributed by atoms with van der Waals surface area (Å²) in [7, 11) is 3.17. The van der Waals surface area contributed by atoms with E-state index in [0.717, 1.165) is 18.7 Å². The maximum absolute atomic E-state index is 9.52. The van der Waals surface area contributed by atoms with E-state index < -0.39 is 6.23 Å². The van der Waals surface area contributed by atoms with Gasteiger partial charge < -0.3 is 18.9 Å². The molecule has 1 fully saturated rings. The van der Waals surface area contributed by atoms with Crippen LogP contribution in [0.1, 0.15) is 5.56 Å². The molecule has 0 radical (unpaired) electrons. The number of morpholine rings is 1. The predicted molar refractivity (Wildman–Crippen MR) is 87.6 cm³/mol. The lowest BCUT2D eigenvalue weighted by Crippen LogP contribution is -2.47. The number of halogens is 1. The van der Waals surface area contributed by atoms with E-state index in [2.05, 4.69) is 26.9 Å². The summed E-state index contributed by atoms with van der Waals surface area (Å²) >= 11 is 3.47. The maximum atomic E-state index is 9.52. The number of hydrogen-bond donors (Lipinski definition) is 0. The number of rotatable bonds is 3. The van der Waals surface area contributed by atoms with Gasteiger partial charge in [0.25, 0.3) is 0 Å². The van der Waals surface area contributed by atoms with Crippen LogP contribution in [0, 0.1) is 11.3 Å². The summed E-state index contributed by atoms with van der Waals surface area (Å²) in [5.74, 6) is 1.85. The van der Waals surface area contributed by atoms with Crippen LogP contribution < -0.4 is 14.2 Å². The summed E-state index contributed by atoms with van der Waals surface area (Å²) in [5, 5.41) is 9.52. The topological polar surface area (TPSA) is 64.0 Å². The van der Waals surface area contributed by atoms with Crippen LogP contribution in [0.25, 0.3) is 6.08 Å². The van der Waals surface area contributed by atoms with Gasteiger partial charge in [-0.2, -0.15) is 5.26 Å². The molecule has 7 heteroatoms. The highest BCUT2D eigenvalue weighted by atomic mass is 79.9. The number of methoxy groups -OCH3 is 2. The van der Waals surface area contributed by atoms with E-state index in [4.69, 9.17) is 18.9 Å². The molecule has 1 aromatic rings. The second-order valence-electron chi connectivity index (χ2n) is 5.17. The quantitative estimate of drug-likeness (QED) is 0.802. The van der Waals surface area contributed by atoms with Crippen LogP contribution in [0.3, 0.4) is 0 Å². The predicted octanol–water partition coefficient (Wildman–Crippen LogP) is 2.42. The first-order valence-electron chi connectivity index (χ1n) is 7.24. The molecule has 2 aliphatic rings. The molecule has 0 amide bonds. The highest BCUT2D eigenvalue weighted by molar-refractivity contribution is 9.10. The Labute approximate surface area is 143 Å². The molecule has 1 saturated heterocycles. The van der Waals surface area contributed by atoms with Gasteiger partial charge in [0, 0.05) is 19.2 Å². The normalized spacial score (nSPS) is 20.8. The SMILES string of the molecule is COc1cc2c(c(OC)c1Br)C=C(C#N)C(N1CCOCC1)O2. The molecule has 1 unspecified atom stereocenters. The highest BCUT2D eigenvalue weighted by Gasteiger charge is 2.32. The van der Waals surface area contributed by atoms with Gasteiger partial charge in [-0.3, -0.25) is 4.90 Å². The van der Waals surface area contributed by atoms with E-state index in [0.29, 0.717) is 40.5 Å². The van der Waals surface area contributed by atoms with E-state index in [1.807, 2.05) is 6.08 Å². The van der Waals surface area contributed by atoms with Crippen LogP contribution in [0.4, 0.5) is 0 Å². The van der Waals surface area contributed by atoms with Crippen molar-refractivity contribution in [3.8, 4) is 23.3 Å². The van der Waals surface area contributed by atoms with Crippen molar-refractivity contribution >= 4 is 22.0 Å². The number of ether oxygens (including phenoxy) is 4. The zero-order chi connectivity index (χ0) is 16.4. The third kappa shape index (κ3) is 2.90. The molecule has 0 bridgehead atoms. The second-order valence-corrected chi connectivity index (χ2v) is 5.96. The average Bonchev–Trinajstić information content (AvgIpc) is 2.61. The minimum Gasteiger partial charge on any atom is -0.495 e. The lowest BCUT2D eigenvalue weighted by molar-refractivity contribution is -0.0291. The van der Waals surface area contributed by atoms with Gasteiger partial charge in [-0.15, -0.1) is 0 Å². The van der Waals surface area contributed by atoms with Gasteiger partial charge in [-0.25, -0.2) is 0 Å². The summed E-state index contributed by atoms with van der Waals surface area (Å²) < 4.78 is 23.0. The Kier molecular flexibility index (Phi) is 4.76. The van der Waals surface area contributed by atoms with Gasteiger partial charge >= 0.3 is 0 Å². The Bertz CT molecular complexity index is 678. The van der Waals surface area contributed by atoms with Gasteiger partial charge in [0.1, 0.15) is 27.8 Å². The number of fused-ring (bicyclic) bond motifs is 1. The lowest BCUT2D eigenvalue weighted by atomic mass is 10.0. The van der Waals surface area contributed by atoms with Crippen LogP contribution in [0.15, 0.2) is 16.1 Å². The molecule has 2 heterocycles. The first-order chi connectivity index (χ1) is 11.2. The van der Waals surface area contributed by atoms with E-state index in [-0.39, 0.29) is 0 Å². The van der Waals surface area contributed by atoms with Crippen molar-refractivity contribution in [1.82, 2.24) is 4.90 Å². The van der Waals surface area contributed by atoms with E-state index in [9.17, 15) is 5.26 Å². The molecule has 1 aromatic carbocycles. The monoisotopic (exact) mass is 380 g/mol. The molecule has 2 aliphatic heterocycles. The van der Waals surface area contributed by atoms with Crippen LogP contribution in [0.2, 0.25) is 0 Å². The standard InChI is InChI=1S/C16H17BrN2O4/c1-20-13-8-12-11(15(21-2)14(13)17)7-10(9-18)16(23-12)19-3-5-22-6-4-19/h7-8,16H,3-6H2,1-2H3. The van der Waals surface area contributed by atoms with Crippen molar-refractivity contribution < 1.29 is 18.9 Å². The second kappa shape index (κ2) is 6.79. The zero-order valence-electron chi connectivity index (χ0n) is 13.0. The Morgan fingerprint density at radius 1 is 1.30 bits per heavy atom. The third-order valence-electron chi connectivity index (χ3n) is 3.92. The minimum absolute atomic E-state index is 0.410. The Hall–Kier alpha value is -1.75. The Morgan fingerprint density at radius 2 is 2.04 bits per heavy atom. The molecule has 0 N–H and O–H groups in total. The molecule has 6 nitrogen and oxygen atoms in total. The average molecular weight is 381 g/mol. The fraction of sp³-hybridized carbons (Fsp3) is 0.438. The highest BCUT2D eigenvalue weighted by Crippen LogP contribution is 2.46. The van der Waals surface area contributed by atoms with Crippen molar-refractivity contribution in [3.63, 3.8) is 0 Å². The summed E-state index contributed by atoms with van der Waals surface area (Å²) in [4.78, 5) is 2.10. The smallest absolute Gasteiger partial charge is 0.189 e.